The number of carbonyl (C=O) groups excluding carboxylic acids is 2. The maximum absolute atomic E-state index is 12.5. The lowest BCUT2D eigenvalue weighted by atomic mass is 10.0. The zero-order valence-electron chi connectivity index (χ0n) is 15.8. The molecule has 1 atom stereocenters. The van der Waals surface area contributed by atoms with Gasteiger partial charge in [-0.2, -0.15) is 0 Å². The molecule has 0 bridgehead atoms. The number of thiazole rings is 1. The monoisotopic (exact) mass is 409 g/mol. The van der Waals surface area contributed by atoms with Gasteiger partial charge < -0.3 is 15.4 Å². The van der Waals surface area contributed by atoms with Crippen molar-refractivity contribution in [3.8, 4) is 11.3 Å². The first kappa shape index (κ1) is 21.2. The van der Waals surface area contributed by atoms with Gasteiger partial charge >= 0.3 is 6.09 Å². The molecule has 0 aliphatic carbocycles. The summed E-state index contributed by atoms with van der Waals surface area (Å²) < 4.78 is 4.86. The Kier molecular flexibility index (Phi) is 7.62. The van der Waals surface area contributed by atoms with E-state index in [-0.39, 0.29) is 18.4 Å². The lowest BCUT2D eigenvalue weighted by Crippen LogP contribution is -2.49. The van der Waals surface area contributed by atoms with E-state index >= 15 is 0 Å². The van der Waals surface area contributed by atoms with Gasteiger partial charge in [-0.25, -0.2) is 9.78 Å². The number of hydrogen-bond donors (Lipinski definition) is 2. The highest BCUT2D eigenvalue weighted by molar-refractivity contribution is 7.12. The number of halogens is 1. The van der Waals surface area contributed by atoms with Crippen molar-refractivity contribution in [3.05, 3.63) is 39.2 Å². The molecule has 2 amide bonds. The van der Waals surface area contributed by atoms with E-state index in [1.54, 1.807) is 6.92 Å². The number of rotatable bonds is 7. The molecule has 8 heteroatoms. The molecule has 0 aliphatic rings. The first-order valence-corrected chi connectivity index (χ1v) is 9.94. The predicted molar refractivity (Wildman–Crippen MR) is 108 cm³/mol. The van der Waals surface area contributed by atoms with Crippen LogP contribution in [-0.4, -0.2) is 29.6 Å². The molecular formula is C19H24ClN3O3S. The molecule has 0 saturated heterocycles. The summed E-state index contributed by atoms with van der Waals surface area (Å²) in [5.41, 5.74) is 1.86. The Balaban J connectivity index is 2.02. The molecule has 0 radical (unpaired) electrons. The van der Waals surface area contributed by atoms with Gasteiger partial charge in [-0.3, -0.25) is 4.79 Å². The molecule has 1 aromatic heterocycles. The maximum atomic E-state index is 12.5. The molecule has 0 saturated carbocycles. The van der Waals surface area contributed by atoms with Gasteiger partial charge in [0, 0.05) is 15.5 Å². The quantitative estimate of drug-likeness (QED) is 0.719. The zero-order valence-corrected chi connectivity index (χ0v) is 17.4. The van der Waals surface area contributed by atoms with Crippen LogP contribution in [0.4, 0.5) is 4.79 Å². The molecule has 6 nitrogen and oxygen atoms in total. The van der Waals surface area contributed by atoms with Crippen molar-refractivity contribution < 1.29 is 14.3 Å². The lowest BCUT2D eigenvalue weighted by molar-refractivity contribution is -0.124. The fourth-order valence-electron chi connectivity index (χ4n) is 2.51. The molecule has 0 spiro atoms. The average molecular weight is 410 g/mol. The van der Waals surface area contributed by atoms with Crippen LogP contribution in [0.2, 0.25) is 5.02 Å². The van der Waals surface area contributed by atoms with Crippen molar-refractivity contribution in [2.75, 3.05) is 6.61 Å². The molecule has 2 N–H and O–H groups in total. The van der Waals surface area contributed by atoms with Crippen LogP contribution in [0.3, 0.4) is 0 Å². The molecule has 0 fully saturated rings. The van der Waals surface area contributed by atoms with Crippen LogP contribution in [0, 0.1) is 12.8 Å². The summed E-state index contributed by atoms with van der Waals surface area (Å²) in [6, 6.07) is 6.83. The van der Waals surface area contributed by atoms with Gasteiger partial charge in [-0.05, 0) is 31.9 Å². The Morgan fingerprint density at radius 3 is 2.52 bits per heavy atom. The fourth-order valence-corrected chi connectivity index (χ4v) is 3.53. The van der Waals surface area contributed by atoms with Crippen molar-refractivity contribution >= 4 is 34.9 Å². The number of nitrogens with one attached hydrogen (secondary N) is 2. The van der Waals surface area contributed by atoms with E-state index in [1.165, 1.54) is 11.3 Å². The molecule has 0 aliphatic heterocycles. The summed E-state index contributed by atoms with van der Waals surface area (Å²) >= 11 is 7.46. The Labute approximate surface area is 168 Å². The third kappa shape index (κ3) is 5.94. The number of ether oxygens (including phenoxy) is 1. The van der Waals surface area contributed by atoms with Crippen LogP contribution in [-0.2, 0) is 16.1 Å². The average Bonchev–Trinajstić information content (AvgIpc) is 2.99. The van der Waals surface area contributed by atoms with Crippen LogP contribution >= 0.6 is 22.9 Å². The van der Waals surface area contributed by atoms with E-state index in [2.05, 4.69) is 15.6 Å². The summed E-state index contributed by atoms with van der Waals surface area (Å²) in [4.78, 5) is 29.8. The van der Waals surface area contributed by atoms with Crippen LogP contribution < -0.4 is 10.6 Å². The van der Waals surface area contributed by atoms with Gasteiger partial charge in [-0.1, -0.05) is 37.6 Å². The van der Waals surface area contributed by atoms with E-state index < -0.39 is 12.1 Å². The van der Waals surface area contributed by atoms with Crippen LogP contribution in [0.5, 0.6) is 0 Å². The van der Waals surface area contributed by atoms with Crippen molar-refractivity contribution in [1.29, 1.82) is 0 Å². The minimum Gasteiger partial charge on any atom is -0.450 e. The molecular weight excluding hydrogens is 386 g/mol. The van der Waals surface area contributed by atoms with Gasteiger partial charge in [0.25, 0.3) is 0 Å². The number of carbonyl (C=O) groups is 2. The zero-order chi connectivity index (χ0) is 20.0. The topological polar surface area (TPSA) is 80.3 Å². The van der Waals surface area contributed by atoms with Crippen LogP contribution in [0.25, 0.3) is 11.3 Å². The van der Waals surface area contributed by atoms with Gasteiger partial charge in [-0.15, -0.1) is 11.3 Å². The van der Waals surface area contributed by atoms with E-state index in [4.69, 9.17) is 16.3 Å². The first-order chi connectivity index (χ1) is 12.8. The molecule has 1 heterocycles. The smallest absolute Gasteiger partial charge is 0.407 e. The Bertz CT molecular complexity index is 790. The highest BCUT2D eigenvalue weighted by Crippen LogP contribution is 2.28. The van der Waals surface area contributed by atoms with Gasteiger partial charge in [0.2, 0.25) is 5.91 Å². The maximum Gasteiger partial charge on any atom is 0.407 e. The molecule has 1 unspecified atom stereocenters. The minimum absolute atomic E-state index is 0.0722. The van der Waals surface area contributed by atoms with Crippen molar-refractivity contribution in [2.45, 2.75) is 40.3 Å². The van der Waals surface area contributed by atoms with Crippen LogP contribution in [0.15, 0.2) is 24.3 Å². The summed E-state index contributed by atoms with van der Waals surface area (Å²) in [5.74, 6) is -0.337. The second-order valence-corrected chi connectivity index (χ2v) is 8.05. The molecule has 1 aromatic carbocycles. The van der Waals surface area contributed by atoms with Crippen molar-refractivity contribution in [2.24, 2.45) is 5.92 Å². The number of aromatic nitrogens is 1. The van der Waals surface area contributed by atoms with Crippen LogP contribution in [0.1, 0.15) is 30.7 Å². The summed E-state index contributed by atoms with van der Waals surface area (Å²) in [5, 5.41) is 6.91. The largest absolute Gasteiger partial charge is 0.450 e. The fraction of sp³-hybridized carbons (Fsp3) is 0.421. The third-order valence-corrected chi connectivity index (χ3v) is 5.09. The SMILES string of the molecule is CCOC(=O)NC(C(=O)NCc1nc(-c2ccc(Cl)cc2)c(C)s1)C(C)C. The Morgan fingerprint density at radius 2 is 1.93 bits per heavy atom. The van der Waals surface area contributed by atoms with E-state index in [9.17, 15) is 9.59 Å². The van der Waals surface area contributed by atoms with Crippen molar-refractivity contribution in [1.82, 2.24) is 15.6 Å². The standard InChI is InChI=1S/C19H24ClN3O3S/c1-5-26-19(25)23-16(11(2)3)18(24)21-10-15-22-17(12(4)27-15)13-6-8-14(20)9-7-13/h6-9,11,16H,5,10H2,1-4H3,(H,21,24)(H,23,25). The second kappa shape index (κ2) is 9.71. The second-order valence-electron chi connectivity index (χ2n) is 6.32. The van der Waals surface area contributed by atoms with Crippen molar-refractivity contribution in [3.63, 3.8) is 0 Å². The normalized spacial score (nSPS) is 11.9. The van der Waals surface area contributed by atoms with E-state index in [0.29, 0.717) is 11.6 Å². The summed E-state index contributed by atoms with van der Waals surface area (Å²) in [6.45, 7) is 7.99. The summed E-state index contributed by atoms with van der Waals surface area (Å²) in [7, 11) is 0. The number of nitrogens with zero attached hydrogens (tertiary/aromatic N) is 1. The Hall–Kier alpha value is -2.12. The molecule has 2 aromatic rings. The highest BCUT2D eigenvalue weighted by atomic mass is 35.5. The summed E-state index contributed by atoms with van der Waals surface area (Å²) in [6.07, 6.45) is -0.596. The lowest BCUT2D eigenvalue weighted by Gasteiger charge is -2.20. The number of alkyl carbamates (subject to hydrolysis) is 1. The highest BCUT2D eigenvalue weighted by Gasteiger charge is 2.24. The molecule has 146 valence electrons. The van der Waals surface area contributed by atoms with E-state index in [1.807, 2.05) is 45.0 Å². The number of benzene rings is 1. The number of amides is 2. The van der Waals surface area contributed by atoms with Gasteiger partial charge in [0.15, 0.2) is 0 Å². The number of aryl methyl sites for hydroxylation is 1. The predicted octanol–water partition coefficient (Wildman–Crippen LogP) is 4.16. The Morgan fingerprint density at radius 1 is 1.26 bits per heavy atom. The van der Waals surface area contributed by atoms with E-state index in [0.717, 1.165) is 21.1 Å². The minimum atomic E-state index is -0.666. The van der Waals surface area contributed by atoms with Gasteiger partial charge in [0.05, 0.1) is 18.8 Å². The third-order valence-electron chi connectivity index (χ3n) is 3.87. The molecule has 2 rings (SSSR count). The number of hydrogen-bond acceptors (Lipinski definition) is 5. The van der Waals surface area contributed by atoms with Gasteiger partial charge in [0.1, 0.15) is 11.0 Å². The first-order valence-electron chi connectivity index (χ1n) is 8.75. The molecule has 27 heavy (non-hydrogen) atoms.